The molecule has 0 aliphatic heterocycles. The Morgan fingerprint density at radius 2 is 2.00 bits per heavy atom. The molecule has 0 radical (unpaired) electrons. The smallest absolute Gasteiger partial charge is 0.337 e. The zero-order valence-corrected chi connectivity index (χ0v) is 11.9. The summed E-state index contributed by atoms with van der Waals surface area (Å²) in [6, 6.07) is 9.76. The van der Waals surface area contributed by atoms with E-state index in [-0.39, 0.29) is 17.3 Å². The van der Waals surface area contributed by atoms with Crippen molar-refractivity contribution in [3.63, 3.8) is 0 Å². The number of carboxylic acid groups (broad SMARTS) is 1. The zero-order chi connectivity index (χ0) is 15.7. The maximum atomic E-state index is 12.2. The summed E-state index contributed by atoms with van der Waals surface area (Å²) in [4.78, 5) is 29.8. The minimum absolute atomic E-state index is 0.0539. The lowest BCUT2D eigenvalue weighted by atomic mass is 10.2. The number of carbonyl (C=O) groups excluding carboxylic acids is 1. The van der Waals surface area contributed by atoms with Gasteiger partial charge in [-0.2, -0.15) is 0 Å². The van der Waals surface area contributed by atoms with Crippen LogP contribution < -0.4 is 5.32 Å². The SMILES string of the molecule is O=C(O)c1ccc(NC(=O)c2cc3cc(Cl)ccc3[nH]2)nc1. The van der Waals surface area contributed by atoms with Gasteiger partial charge in [0.15, 0.2) is 0 Å². The van der Waals surface area contributed by atoms with E-state index in [1.165, 1.54) is 18.3 Å². The van der Waals surface area contributed by atoms with Gasteiger partial charge in [-0.1, -0.05) is 11.6 Å². The van der Waals surface area contributed by atoms with Crippen molar-refractivity contribution >= 4 is 40.2 Å². The zero-order valence-electron chi connectivity index (χ0n) is 11.1. The molecule has 0 unspecified atom stereocenters. The van der Waals surface area contributed by atoms with Gasteiger partial charge in [0.1, 0.15) is 11.5 Å². The van der Waals surface area contributed by atoms with Gasteiger partial charge in [0.2, 0.25) is 0 Å². The number of pyridine rings is 1. The van der Waals surface area contributed by atoms with E-state index in [2.05, 4.69) is 15.3 Å². The van der Waals surface area contributed by atoms with Crippen LogP contribution in [0.1, 0.15) is 20.8 Å². The molecule has 1 amide bonds. The molecule has 0 bridgehead atoms. The minimum Gasteiger partial charge on any atom is -0.478 e. The molecule has 6 nitrogen and oxygen atoms in total. The molecule has 0 aliphatic rings. The van der Waals surface area contributed by atoms with Crippen molar-refractivity contribution in [1.29, 1.82) is 0 Å². The topological polar surface area (TPSA) is 95.1 Å². The molecule has 1 aromatic carbocycles. The van der Waals surface area contributed by atoms with Gasteiger partial charge in [-0.05, 0) is 36.4 Å². The summed E-state index contributed by atoms with van der Waals surface area (Å²) in [7, 11) is 0. The number of hydrogen-bond acceptors (Lipinski definition) is 3. The highest BCUT2D eigenvalue weighted by Gasteiger charge is 2.11. The number of rotatable bonds is 3. The second-order valence-corrected chi connectivity index (χ2v) is 5.04. The molecule has 3 N–H and O–H groups in total. The average molecular weight is 316 g/mol. The molecule has 3 rings (SSSR count). The van der Waals surface area contributed by atoms with Crippen molar-refractivity contribution in [3.05, 3.63) is 58.9 Å². The van der Waals surface area contributed by atoms with E-state index in [1.54, 1.807) is 24.3 Å². The first kappa shape index (κ1) is 14.1. The monoisotopic (exact) mass is 315 g/mol. The number of anilines is 1. The first-order chi connectivity index (χ1) is 10.5. The fourth-order valence-corrected chi connectivity index (χ4v) is 2.18. The van der Waals surface area contributed by atoms with Crippen LogP contribution in [0.15, 0.2) is 42.6 Å². The second kappa shape index (κ2) is 5.50. The molecule has 0 aliphatic carbocycles. The van der Waals surface area contributed by atoms with Gasteiger partial charge < -0.3 is 15.4 Å². The molecular weight excluding hydrogens is 306 g/mol. The van der Waals surface area contributed by atoms with Gasteiger partial charge in [0.05, 0.1) is 5.56 Å². The van der Waals surface area contributed by atoms with Crippen LogP contribution in [0.25, 0.3) is 10.9 Å². The number of nitrogens with one attached hydrogen (secondary N) is 2. The third-order valence-corrected chi connectivity index (χ3v) is 3.31. The third kappa shape index (κ3) is 2.77. The lowest BCUT2D eigenvalue weighted by molar-refractivity contribution is 0.0696. The van der Waals surface area contributed by atoms with E-state index >= 15 is 0 Å². The van der Waals surface area contributed by atoms with Crippen LogP contribution in [0, 0.1) is 0 Å². The predicted molar refractivity (Wildman–Crippen MR) is 82.5 cm³/mol. The van der Waals surface area contributed by atoms with Crippen LogP contribution in [0.3, 0.4) is 0 Å². The normalized spacial score (nSPS) is 10.6. The molecule has 3 aromatic rings. The van der Waals surface area contributed by atoms with Crippen LogP contribution in [-0.2, 0) is 0 Å². The van der Waals surface area contributed by atoms with Gasteiger partial charge in [-0.3, -0.25) is 4.79 Å². The highest BCUT2D eigenvalue weighted by Crippen LogP contribution is 2.20. The van der Waals surface area contributed by atoms with Crippen molar-refractivity contribution < 1.29 is 14.7 Å². The number of benzene rings is 1. The summed E-state index contributed by atoms with van der Waals surface area (Å²) in [5.41, 5.74) is 1.21. The summed E-state index contributed by atoms with van der Waals surface area (Å²) >= 11 is 5.91. The number of carboxylic acids is 1. The van der Waals surface area contributed by atoms with E-state index in [0.717, 1.165) is 10.9 Å². The number of carbonyl (C=O) groups is 2. The lowest BCUT2D eigenvalue weighted by Gasteiger charge is -2.02. The summed E-state index contributed by atoms with van der Waals surface area (Å²) in [5.74, 6) is -1.17. The van der Waals surface area contributed by atoms with Crippen molar-refractivity contribution in [1.82, 2.24) is 9.97 Å². The van der Waals surface area contributed by atoms with Crippen LogP contribution in [0.5, 0.6) is 0 Å². The third-order valence-electron chi connectivity index (χ3n) is 3.08. The standard InChI is InChI=1S/C15H10ClN3O3/c16-10-2-3-11-9(5-10)6-12(18-11)14(20)19-13-4-1-8(7-17-13)15(21)22/h1-7,18H,(H,21,22)(H,17,19,20). The Bertz CT molecular complexity index is 871. The van der Waals surface area contributed by atoms with E-state index in [1.807, 2.05) is 0 Å². The van der Waals surface area contributed by atoms with Crippen molar-refractivity contribution in [2.75, 3.05) is 5.32 Å². The Hall–Kier alpha value is -2.86. The van der Waals surface area contributed by atoms with E-state index in [9.17, 15) is 9.59 Å². The van der Waals surface area contributed by atoms with Gasteiger partial charge in [0, 0.05) is 22.1 Å². The number of nitrogens with zero attached hydrogens (tertiary/aromatic N) is 1. The minimum atomic E-state index is -1.07. The molecule has 0 saturated heterocycles. The Balaban J connectivity index is 1.81. The highest BCUT2D eigenvalue weighted by atomic mass is 35.5. The van der Waals surface area contributed by atoms with Crippen LogP contribution in [0.4, 0.5) is 5.82 Å². The lowest BCUT2D eigenvalue weighted by Crippen LogP contribution is -2.13. The van der Waals surface area contributed by atoms with E-state index < -0.39 is 5.97 Å². The van der Waals surface area contributed by atoms with E-state index in [0.29, 0.717) is 10.7 Å². The Morgan fingerprint density at radius 3 is 2.68 bits per heavy atom. The maximum absolute atomic E-state index is 12.2. The number of fused-ring (bicyclic) bond motifs is 1. The molecule has 0 atom stereocenters. The summed E-state index contributed by atoms with van der Waals surface area (Å²) in [6.07, 6.45) is 1.18. The van der Waals surface area contributed by atoms with Gasteiger partial charge in [0.25, 0.3) is 5.91 Å². The Kier molecular flexibility index (Phi) is 3.52. The molecule has 0 saturated carbocycles. The van der Waals surface area contributed by atoms with Crippen LogP contribution >= 0.6 is 11.6 Å². The number of halogens is 1. The number of amides is 1. The molecule has 2 aromatic heterocycles. The largest absolute Gasteiger partial charge is 0.478 e. The fourth-order valence-electron chi connectivity index (χ4n) is 2.00. The van der Waals surface area contributed by atoms with Gasteiger partial charge in [-0.25, -0.2) is 9.78 Å². The Labute approximate surface area is 129 Å². The molecule has 7 heteroatoms. The first-order valence-corrected chi connectivity index (χ1v) is 6.70. The van der Waals surface area contributed by atoms with E-state index in [4.69, 9.17) is 16.7 Å². The molecule has 2 heterocycles. The summed E-state index contributed by atoms with van der Waals surface area (Å²) in [6.45, 7) is 0. The number of aromatic carboxylic acids is 1. The quantitative estimate of drug-likeness (QED) is 0.691. The molecular formula is C15H10ClN3O3. The number of H-pyrrole nitrogens is 1. The van der Waals surface area contributed by atoms with Crippen molar-refractivity contribution in [2.45, 2.75) is 0 Å². The van der Waals surface area contributed by atoms with Gasteiger partial charge >= 0.3 is 5.97 Å². The van der Waals surface area contributed by atoms with Crippen molar-refractivity contribution in [3.8, 4) is 0 Å². The number of aromatic amines is 1. The van der Waals surface area contributed by atoms with Crippen LogP contribution in [0.2, 0.25) is 5.02 Å². The Morgan fingerprint density at radius 1 is 1.18 bits per heavy atom. The second-order valence-electron chi connectivity index (χ2n) is 4.61. The molecule has 22 heavy (non-hydrogen) atoms. The maximum Gasteiger partial charge on any atom is 0.337 e. The number of aromatic nitrogens is 2. The molecule has 0 spiro atoms. The molecule has 110 valence electrons. The summed E-state index contributed by atoms with van der Waals surface area (Å²) in [5, 5.41) is 12.8. The van der Waals surface area contributed by atoms with Crippen LogP contribution in [-0.4, -0.2) is 27.0 Å². The average Bonchev–Trinajstić information content (AvgIpc) is 2.91. The first-order valence-electron chi connectivity index (χ1n) is 6.32. The highest BCUT2D eigenvalue weighted by molar-refractivity contribution is 6.31. The predicted octanol–water partition coefficient (Wildman–Crippen LogP) is 3.17. The fraction of sp³-hybridized carbons (Fsp3) is 0. The molecule has 0 fully saturated rings. The number of hydrogen-bond donors (Lipinski definition) is 3. The van der Waals surface area contributed by atoms with Crippen molar-refractivity contribution in [2.24, 2.45) is 0 Å². The van der Waals surface area contributed by atoms with Gasteiger partial charge in [-0.15, -0.1) is 0 Å². The summed E-state index contributed by atoms with van der Waals surface area (Å²) < 4.78 is 0.